The van der Waals surface area contributed by atoms with Gasteiger partial charge in [-0.15, -0.1) is 0 Å². The summed E-state index contributed by atoms with van der Waals surface area (Å²) in [6, 6.07) is 36.8. The lowest BCUT2D eigenvalue weighted by Crippen LogP contribution is -2.26. The van der Waals surface area contributed by atoms with Gasteiger partial charge in [0.05, 0.1) is 135 Å². The third-order valence-electron chi connectivity index (χ3n) is 19.2. The van der Waals surface area contributed by atoms with Crippen molar-refractivity contribution in [3.05, 3.63) is 194 Å². The van der Waals surface area contributed by atoms with Gasteiger partial charge in [-0.05, 0) is 150 Å². The summed E-state index contributed by atoms with van der Waals surface area (Å²) >= 11 is 0. The predicted octanol–water partition coefficient (Wildman–Crippen LogP) is 14.0. The number of carbonyl (C=O) groups excluding carboxylic acids is 2. The van der Waals surface area contributed by atoms with Gasteiger partial charge in [0.15, 0.2) is 0 Å². The van der Waals surface area contributed by atoms with E-state index in [9.17, 15) is 14.7 Å². The monoisotopic (exact) mass is 1520 g/mol. The van der Waals surface area contributed by atoms with Gasteiger partial charge in [-0.2, -0.15) is 20.4 Å². The molecule has 13 aromatic rings. The molecule has 15 rings (SSSR count). The van der Waals surface area contributed by atoms with E-state index < -0.39 is 0 Å². The molecule has 2 saturated heterocycles. The van der Waals surface area contributed by atoms with Crippen molar-refractivity contribution < 1.29 is 38.4 Å². The Balaban J connectivity index is 0.000000176. The molecule has 0 spiro atoms. The largest absolute Gasteiger partial charge is 0.497 e. The van der Waals surface area contributed by atoms with Gasteiger partial charge in [-0.1, -0.05) is 22.3 Å². The molecule has 2 fully saturated rings. The van der Waals surface area contributed by atoms with Crippen molar-refractivity contribution in [3.8, 4) is 56.8 Å². The van der Waals surface area contributed by atoms with E-state index in [2.05, 4.69) is 78.9 Å². The molecule has 0 saturated carbocycles. The van der Waals surface area contributed by atoms with Crippen LogP contribution in [0.2, 0.25) is 0 Å². The first-order valence-corrected chi connectivity index (χ1v) is 36.2. The van der Waals surface area contributed by atoms with Crippen LogP contribution in [0.1, 0.15) is 99.1 Å². The first-order chi connectivity index (χ1) is 53.0. The summed E-state index contributed by atoms with van der Waals surface area (Å²) < 4.78 is 35.1. The fraction of sp³-hybridized carbons (Fsp3) is 0.333. The number of aliphatic hydroxyl groups is 1. The van der Waals surface area contributed by atoms with Crippen LogP contribution >= 0.6 is 0 Å². The maximum absolute atomic E-state index is 12.5. The number of aromatic nitrogens is 14. The highest BCUT2D eigenvalue weighted by Crippen LogP contribution is 2.38. The Kier molecular flexibility index (Phi) is 27.7. The van der Waals surface area contributed by atoms with Crippen LogP contribution in [0.4, 0.5) is 34.1 Å². The van der Waals surface area contributed by atoms with Gasteiger partial charge in [0, 0.05) is 171 Å². The number of hydrogen-bond acceptors (Lipinski definition) is 22. The normalized spacial score (nSPS) is 13.1. The lowest BCUT2D eigenvalue weighted by atomic mass is 10.1. The van der Waals surface area contributed by atoms with Crippen LogP contribution in [-0.4, -0.2) is 179 Å². The lowest BCUT2D eigenvalue weighted by molar-refractivity contribution is -0.0394. The number of aryl methyl sites for hydroxylation is 4. The van der Waals surface area contributed by atoms with Gasteiger partial charge in [0.1, 0.15) is 29.2 Å². The van der Waals surface area contributed by atoms with E-state index in [0.717, 1.165) is 141 Å². The highest BCUT2D eigenvalue weighted by molar-refractivity contribution is 5.97. The average Bonchev–Trinajstić information content (AvgIpc) is 1.18. The average molecular weight is 1520 g/mol. The molecule has 2 aliphatic rings. The molecule has 9 heterocycles. The standard InChI is InChI=1S/C28H33N7O2.C27H30N6O4.C26H27N7O2.3CH4/c1-29-28(36)20-13-23(15-24(14-20)37-3)35(12-6-11-34-9-4-5-10-34)22-7-8-25-26(16-22)32-27(18-30-25)21-17-31-33(2)19-21;1-28-27(35)18-11-21(13-22(12-18)36-2)32(8-9-34)20-6-7-23-24(14-20)31-25(16-29-23)19-15-30-33(17-19)26-5-3-4-10-37-26;1-17-8-19(30-32(17)3)16-33(21-9-22(34-4)12-23(10-21)35-5)20-6-7-24-25(11-20)29-26(14-27-24)18-13-28-31(2)15-18;;;/h7-8,13-19H,4-6,9-12H2,1-3H3,(H,29,36);6-7,11-17,26,34H,3-5,8-10H2,1-2H3,(H,28,35);6-15H,16H2,1-5H3;3*1H4. The van der Waals surface area contributed by atoms with Crippen LogP contribution in [-0.2, 0) is 32.4 Å². The molecule has 1 unspecified atom stereocenters. The predicted molar refractivity (Wildman–Crippen MR) is 441 cm³/mol. The summed E-state index contributed by atoms with van der Waals surface area (Å²) in [7, 11) is 15.4. The third kappa shape index (κ3) is 19.4. The number of nitrogens with one attached hydrogen (secondary N) is 2. The second kappa shape index (κ2) is 37.8. The quantitative estimate of drug-likeness (QED) is 0.0506. The van der Waals surface area contributed by atoms with Crippen molar-refractivity contribution in [2.24, 2.45) is 21.1 Å². The SMILES string of the molecule is C.C.C.CNC(=O)c1cc(OC)cc(N(CCCN2CCCC2)c2ccc3ncc(-c4cnn(C)c4)nc3c2)c1.CNC(=O)c1cc(OC)cc(N(CCO)c2ccc3ncc(-c4cnn(C5CCCCO5)c4)nc3c2)c1.COc1cc(OC)cc(N(Cc2cc(C)n(C)n2)c2ccc3ncc(-c4cnn(C)c4)nc3c2)c1. The fourth-order valence-electron chi connectivity index (χ4n) is 13.4. The van der Waals surface area contributed by atoms with Crippen molar-refractivity contribution in [2.75, 3.05) is 103 Å². The van der Waals surface area contributed by atoms with Crippen molar-refractivity contribution >= 4 is 79.0 Å². The molecule has 28 nitrogen and oxygen atoms in total. The molecule has 28 heteroatoms. The van der Waals surface area contributed by atoms with Crippen LogP contribution in [0.15, 0.2) is 171 Å². The summed E-state index contributed by atoms with van der Waals surface area (Å²) in [6.07, 6.45) is 23.1. The van der Waals surface area contributed by atoms with E-state index in [-0.39, 0.29) is 46.9 Å². The molecule has 0 aliphatic carbocycles. The minimum atomic E-state index is -0.225. The zero-order chi connectivity index (χ0) is 76.1. The fourth-order valence-corrected chi connectivity index (χ4v) is 13.4. The van der Waals surface area contributed by atoms with E-state index in [1.54, 1.807) is 107 Å². The Bertz CT molecular complexity index is 5290. The van der Waals surface area contributed by atoms with E-state index in [1.165, 1.54) is 25.9 Å². The topological polar surface area (TPSA) is 286 Å². The maximum Gasteiger partial charge on any atom is 0.251 e. The second-order valence-corrected chi connectivity index (χ2v) is 26.6. The number of aliphatic hydroxyl groups excluding tert-OH is 1. The highest BCUT2D eigenvalue weighted by Gasteiger charge is 2.23. The zero-order valence-electron chi connectivity index (χ0n) is 63.0. The molecular formula is C84H102N20O8. The number of benzene rings is 6. The summed E-state index contributed by atoms with van der Waals surface area (Å²) in [4.78, 5) is 62.2. The molecule has 3 N–H and O–H groups in total. The van der Waals surface area contributed by atoms with E-state index in [4.69, 9.17) is 38.6 Å². The van der Waals surface area contributed by atoms with Crippen LogP contribution in [0.3, 0.4) is 0 Å². The third-order valence-corrected chi connectivity index (χ3v) is 19.2. The molecule has 2 aliphatic heterocycles. The number of anilines is 6. The Hall–Kier alpha value is -12.4. The number of amides is 2. The van der Waals surface area contributed by atoms with E-state index in [0.29, 0.717) is 64.1 Å². The van der Waals surface area contributed by atoms with E-state index >= 15 is 0 Å². The van der Waals surface area contributed by atoms with Gasteiger partial charge in [-0.3, -0.25) is 38.6 Å². The van der Waals surface area contributed by atoms with Gasteiger partial charge in [-0.25, -0.2) is 19.6 Å². The number of hydrogen-bond donors (Lipinski definition) is 3. The van der Waals surface area contributed by atoms with Crippen LogP contribution in [0, 0.1) is 6.92 Å². The van der Waals surface area contributed by atoms with Crippen LogP contribution in [0.5, 0.6) is 23.0 Å². The number of carbonyl (C=O) groups is 2. The van der Waals surface area contributed by atoms with Gasteiger partial charge >= 0.3 is 0 Å². The van der Waals surface area contributed by atoms with Crippen molar-refractivity contribution in [2.45, 2.75) is 80.5 Å². The molecule has 1 atom stereocenters. The Labute approximate surface area is 654 Å². The van der Waals surface area contributed by atoms with Crippen molar-refractivity contribution in [3.63, 3.8) is 0 Å². The maximum atomic E-state index is 12.5. The first-order valence-electron chi connectivity index (χ1n) is 36.2. The number of nitrogens with zero attached hydrogens (tertiary/aromatic N) is 18. The molecule has 0 radical (unpaired) electrons. The van der Waals surface area contributed by atoms with Crippen molar-refractivity contribution in [1.82, 2.24) is 84.6 Å². The minimum absolute atomic E-state index is 0. The summed E-state index contributed by atoms with van der Waals surface area (Å²) in [5.41, 5.74) is 18.0. The highest BCUT2D eigenvalue weighted by atomic mass is 16.5. The lowest BCUT2D eigenvalue weighted by Gasteiger charge is -2.27. The van der Waals surface area contributed by atoms with Crippen LogP contribution < -0.4 is 44.3 Å². The van der Waals surface area contributed by atoms with Gasteiger partial charge in [0.2, 0.25) is 0 Å². The molecule has 6 aromatic carbocycles. The summed E-state index contributed by atoms with van der Waals surface area (Å²) in [5.74, 6) is 2.22. The first kappa shape index (κ1) is 82.1. The number of rotatable bonds is 24. The van der Waals surface area contributed by atoms with Crippen molar-refractivity contribution in [1.29, 1.82) is 0 Å². The molecular weight excluding hydrogens is 1420 g/mol. The molecule has 112 heavy (non-hydrogen) atoms. The molecule has 2 amide bonds. The van der Waals surface area contributed by atoms with Crippen LogP contribution in [0.25, 0.3) is 66.9 Å². The molecule has 0 bridgehead atoms. The minimum Gasteiger partial charge on any atom is -0.497 e. The summed E-state index contributed by atoms with van der Waals surface area (Å²) in [5, 5.41) is 32.9. The van der Waals surface area contributed by atoms with E-state index in [1.807, 2.05) is 140 Å². The smallest absolute Gasteiger partial charge is 0.251 e. The Morgan fingerprint density at radius 2 is 0.955 bits per heavy atom. The molecule has 7 aromatic heterocycles. The zero-order valence-corrected chi connectivity index (χ0v) is 63.0. The Morgan fingerprint density at radius 1 is 0.509 bits per heavy atom. The van der Waals surface area contributed by atoms with Gasteiger partial charge < -0.3 is 59.0 Å². The second-order valence-electron chi connectivity index (χ2n) is 26.6. The molecule has 586 valence electrons. The number of methoxy groups -OCH3 is 4. The summed E-state index contributed by atoms with van der Waals surface area (Å²) in [6.45, 7) is 7.75. The van der Waals surface area contributed by atoms with Gasteiger partial charge in [0.25, 0.3) is 11.8 Å². The number of ether oxygens (including phenoxy) is 5. The Morgan fingerprint density at radius 3 is 1.38 bits per heavy atom. The number of likely N-dealkylation sites (tertiary alicyclic amines) is 1. The number of fused-ring (bicyclic) bond motifs is 3.